The van der Waals surface area contributed by atoms with Gasteiger partial charge >= 0.3 is 0 Å². The normalized spacial score (nSPS) is 11.8. The lowest BCUT2D eigenvalue weighted by Crippen LogP contribution is -2.23. The topological polar surface area (TPSA) is 74.8 Å². The second-order valence-electron chi connectivity index (χ2n) is 4.37. The number of hydrogen-bond acceptors (Lipinski definition) is 3. The summed E-state index contributed by atoms with van der Waals surface area (Å²) in [5.41, 5.74) is 1.92. The summed E-state index contributed by atoms with van der Waals surface area (Å²) >= 11 is 0. The zero-order valence-corrected chi connectivity index (χ0v) is 11.4. The minimum Gasteiger partial charge on any atom is -0.361 e. The monoisotopic (exact) mass is 287 g/mol. The molecule has 5 nitrogen and oxygen atoms in total. The molecule has 102 valence electrons. The molecule has 0 radical (unpaired) electrons. The SMILES string of the molecule is O=S(=O)(NCc1cccc2[nH]ccc12)c1cccnc1. The van der Waals surface area contributed by atoms with E-state index in [0.717, 1.165) is 16.5 Å². The highest BCUT2D eigenvalue weighted by molar-refractivity contribution is 7.89. The van der Waals surface area contributed by atoms with Crippen LogP contribution in [0.3, 0.4) is 0 Å². The maximum atomic E-state index is 12.1. The lowest BCUT2D eigenvalue weighted by Gasteiger charge is -2.07. The number of nitrogens with zero attached hydrogens (tertiary/aromatic N) is 1. The summed E-state index contributed by atoms with van der Waals surface area (Å²) in [4.78, 5) is 7.09. The highest BCUT2D eigenvalue weighted by Gasteiger charge is 2.14. The number of pyridine rings is 1. The molecule has 0 aliphatic heterocycles. The molecular formula is C14H13N3O2S. The van der Waals surface area contributed by atoms with Crippen molar-refractivity contribution in [3.8, 4) is 0 Å². The van der Waals surface area contributed by atoms with Crippen LogP contribution < -0.4 is 4.72 Å². The summed E-state index contributed by atoms with van der Waals surface area (Å²) in [6.07, 6.45) is 4.71. The zero-order chi connectivity index (χ0) is 14.0. The van der Waals surface area contributed by atoms with Crippen LogP contribution in [0.5, 0.6) is 0 Å². The Balaban J connectivity index is 1.85. The number of sulfonamides is 1. The van der Waals surface area contributed by atoms with E-state index in [0.29, 0.717) is 0 Å². The highest BCUT2D eigenvalue weighted by atomic mass is 32.2. The molecule has 0 spiro atoms. The molecule has 0 atom stereocenters. The van der Waals surface area contributed by atoms with Crippen LogP contribution in [0.1, 0.15) is 5.56 Å². The predicted octanol–water partition coefficient (Wildman–Crippen LogP) is 2.04. The fourth-order valence-electron chi connectivity index (χ4n) is 2.07. The Labute approximate surface area is 116 Å². The van der Waals surface area contributed by atoms with Gasteiger partial charge in [0.05, 0.1) is 0 Å². The molecule has 0 saturated heterocycles. The van der Waals surface area contributed by atoms with Gasteiger partial charge in [0.1, 0.15) is 4.90 Å². The van der Waals surface area contributed by atoms with Crippen LogP contribution in [0.2, 0.25) is 0 Å². The molecule has 0 aliphatic carbocycles. The summed E-state index contributed by atoms with van der Waals surface area (Å²) in [7, 11) is -3.53. The second kappa shape index (κ2) is 5.07. The number of nitrogens with one attached hydrogen (secondary N) is 2. The number of hydrogen-bond donors (Lipinski definition) is 2. The van der Waals surface area contributed by atoms with Gasteiger partial charge in [-0.15, -0.1) is 0 Å². The molecule has 0 bridgehead atoms. The van der Waals surface area contributed by atoms with Crippen LogP contribution in [-0.4, -0.2) is 18.4 Å². The van der Waals surface area contributed by atoms with Gasteiger partial charge in [-0.2, -0.15) is 0 Å². The second-order valence-corrected chi connectivity index (χ2v) is 6.14. The molecule has 2 heterocycles. The van der Waals surface area contributed by atoms with Crippen molar-refractivity contribution in [1.82, 2.24) is 14.7 Å². The van der Waals surface area contributed by atoms with Crippen LogP contribution in [0.4, 0.5) is 0 Å². The van der Waals surface area contributed by atoms with E-state index in [1.165, 1.54) is 12.3 Å². The third-order valence-corrected chi connectivity index (χ3v) is 4.47. The summed E-state index contributed by atoms with van der Waals surface area (Å²) in [6, 6.07) is 10.8. The van der Waals surface area contributed by atoms with Crippen molar-refractivity contribution >= 4 is 20.9 Å². The van der Waals surface area contributed by atoms with Crippen LogP contribution in [0.25, 0.3) is 10.9 Å². The van der Waals surface area contributed by atoms with Gasteiger partial charge in [0.15, 0.2) is 0 Å². The van der Waals surface area contributed by atoms with Crippen molar-refractivity contribution in [3.63, 3.8) is 0 Å². The molecule has 0 unspecified atom stereocenters. The summed E-state index contributed by atoms with van der Waals surface area (Å²) in [6.45, 7) is 0.242. The Kier molecular flexibility index (Phi) is 3.25. The average Bonchev–Trinajstić information content (AvgIpc) is 2.95. The fraction of sp³-hybridized carbons (Fsp3) is 0.0714. The minimum absolute atomic E-state index is 0.168. The number of rotatable bonds is 4. The number of aromatic nitrogens is 2. The molecule has 6 heteroatoms. The molecule has 0 amide bonds. The van der Waals surface area contributed by atoms with Gasteiger partial charge in [0.2, 0.25) is 10.0 Å². The van der Waals surface area contributed by atoms with Gasteiger partial charge in [0.25, 0.3) is 0 Å². The molecule has 20 heavy (non-hydrogen) atoms. The van der Waals surface area contributed by atoms with E-state index in [-0.39, 0.29) is 11.4 Å². The van der Waals surface area contributed by atoms with E-state index in [9.17, 15) is 8.42 Å². The van der Waals surface area contributed by atoms with Crippen LogP contribution in [-0.2, 0) is 16.6 Å². The standard InChI is InChI=1S/C14H13N3O2S/c18-20(19,12-4-2-7-15-10-12)17-9-11-3-1-5-14-13(11)6-8-16-14/h1-8,10,16-17H,9H2. The van der Waals surface area contributed by atoms with Crippen LogP contribution in [0.15, 0.2) is 59.9 Å². The van der Waals surface area contributed by atoms with Crippen molar-refractivity contribution in [2.45, 2.75) is 11.4 Å². The molecular weight excluding hydrogens is 274 g/mol. The first kappa shape index (κ1) is 12.8. The van der Waals surface area contributed by atoms with Crippen molar-refractivity contribution in [2.75, 3.05) is 0 Å². The van der Waals surface area contributed by atoms with E-state index >= 15 is 0 Å². The molecule has 3 rings (SSSR count). The van der Waals surface area contributed by atoms with Crippen LogP contribution >= 0.6 is 0 Å². The van der Waals surface area contributed by atoms with Gasteiger partial charge in [-0.05, 0) is 29.8 Å². The van der Waals surface area contributed by atoms with E-state index < -0.39 is 10.0 Å². The molecule has 3 aromatic rings. The van der Waals surface area contributed by atoms with E-state index in [1.54, 1.807) is 12.3 Å². The molecule has 1 aromatic carbocycles. The lowest BCUT2D eigenvalue weighted by molar-refractivity contribution is 0.581. The Morgan fingerprint density at radius 2 is 2.05 bits per heavy atom. The van der Waals surface area contributed by atoms with Crippen LogP contribution in [0, 0.1) is 0 Å². The maximum absolute atomic E-state index is 12.1. The quantitative estimate of drug-likeness (QED) is 0.771. The Morgan fingerprint density at radius 3 is 2.85 bits per heavy atom. The van der Waals surface area contributed by atoms with Gasteiger partial charge in [-0.1, -0.05) is 12.1 Å². The zero-order valence-electron chi connectivity index (χ0n) is 10.6. The first-order valence-corrected chi connectivity index (χ1v) is 7.60. The summed E-state index contributed by atoms with van der Waals surface area (Å²) in [5, 5.41) is 1.02. The summed E-state index contributed by atoms with van der Waals surface area (Å²) in [5.74, 6) is 0. The first-order chi connectivity index (χ1) is 9.67. The average molecular weight is 287 g/mol. The molecule has 0 aliphatic rings. The van der Waals surface area contributed by atoms with Gasteiger partial charge in [-0.25, -0.2) is 13.1 Å². The van der Waals surface area contributed by atoms with E-state index in [1.807, 2.05) is 30.5 Å². The van der Waals surface area contributed by atoms with Gasteiger partial charge < -0.3 is 4.98 Å². The third kappa shape index (κ3) is 2.43. The Bertz CT molecular complexity index is 826. The van der Waals surface area contributed by atoms with E-state index in [2.05, 4.69) is 14.7 Å². The smallest absolute Gasteiger partial charge is 0.242 e. The number of fused-ring (bicyclic) bond motifs is 1. The highest BCUT2D eigenvalue weighted by Crippen LogP contribution is 2.17. The molecule has 2 aromatic heterocycles. The molecule has 0 fully saturated rings. The van der Waals surface area contributed by atoms with Crippen molar-refractivity contribution in [3.05, 3.63) is 60.6 Å². The van der Waals surface area contributed by atoms with Crippen molar-refractivity contribution in [2.24, 2.45) is 0 Å². The van der Waals surface area contributed by atoms with Crippen molar-refractivity contribution in [1.29, 1.82) is 0 Å². The van der Waals surface area contributed by atoms with E-state index in [4.69, 9.17) is 0 Å². The van der Waals surface area contributed by atoms with Crippen molar-refractivity contribution < 1.29 is 8.42 Å². The minimum atomic E-state index is -3.53. The van der Waals surface area contributed by atoms with Gasteiger partial charge in [-0.3, -0.25) is 4.98 Å². The molecule has 2 N–H and O–H groups in total. The summed E-state index contributed by atoms with van der Waals surface area (Å²) < 4.78 is 26.8. The largest absolute Gasteiger partial charge is 0.361 e. The number of aromatic amines is 1. The molecule has 0 saturated carbocycles. The number of H-pyrrole nitrogens is 1. The maximum Gasteiger partial charge on any atom is 0.242 e. The number of benzene rings is 1. The third-order valence-electron chi connectivity index (χ3n) is 3.08. The van der Waals surface area contributed by atoms with Gasteiger partial charge in [0, 0.05) is 36.0 Å². The Morgan fingerprint density at radius 1 is 1.15 bits per heavy atom. The Hall–Kier alpha value is -2.18. The lowest BCUT2D eigenvalue weighted by atomic mass is 10.1. The first-order valence-electron chi connectivity index (χ1n) is 6.11. The predicted molar refractivity (Wildman–Crippen MR) is 76.6 cm³/mol. The fourth-order valence-corrected chi connectivity index (χ4v) is 3.04.